The molecule has 18 heavy (non-hydrogen) atoms. The second-order valence-corrected chi connectivity index (χ2v) is 6.02. The van der Waals surface area contributed by atoms with Gasteiger partial charge in [-0.15, -0.1) is 0 Å². The van der Waals surface area contributed by atoms with Crippen molar-refractivity contribution in [3.8, 4) is 0 Å². The van der Waals surface area contributed by atoms with Crippen molar-refractivity contribution in [1.82, 2.24) is 4.98 Å². The molecule has 1 fully saturated rings. The van der Waals surface area contributed by atoms with E-state index in [-0.39, 0.29) is 18.3 Å². The Bertz CT molecular complexity index is 458. The average Bonchev–Trinajstić information content (AvgIpc) is 2.61. The van der Waals surface area contributed by atoms with Gasteiger partial charge in [0.15, 0.2) is 0 Å². The molecule has 3 nitrogen and oxygen atoms in total. The summed E-state index contributed by atoms with van der Waals surface area (Å²) >= 11 is 0. The Morgan fingerprint density at radius 3 is 2.11 bits per heavy atom. The van der Waals surface area contributed by atoms with Crippen molar-refractivity contribution in [2.24, 2.45) is 0 Å². The zero-order valence-electron chi connectivity index (χ0n) is 12.1. The molecule has 4 heteroatoms. The van der Waals surface area contributed by atoms with Gasteiger partial charge in [0.25, 0.3) is 0 Å². The van der Waals surface area contributed by atoms with E-state index in [1.165, 1.54) is 17.0 Å². The van der Waals surface area contributed by atoms with Gasteiger partial charge in [-0.2, -0.15) is 0 Å². The van der Waals surface area contributed by atoms with Crippen LogP contribution in [-0.2, 0) is 9.31 Å². The highest BCUT2D eigenvalue weighted by atomic mass is 16.7. The molecule has 1 saturated heterocycles. The first kappa shape index (κ1) is 13.4. The van der Waals surface area contributed by atoms with Gasteiger partial charge in [-0.3, -0.25) is 0 Å². The molecule has 0 spiro atoms. The fourth-order valence-electron chi connectivity index (χ4n) is 2.07. The van der Waals surface area contributed by atoms with Crippen molar-refractivity contribution in [3.63, 3.8) is 0 Å². The average molecular weight is 247 g/mol. The van der Waals surface area contributed by atoms with Gasteiger partial charge in [0, 0.05) is 11.4 Å². The SMILES string of the molecule is Cc1cc(/C=C/B2OC(C)(C)C(C)(C)O2)c(C)[nH]1. The van der Waals surface area contributed by atoms with Gasteiger partial charge in [-0.1, -0.05) is 12.1 Å². The molecule has 1 aromatic rings. The first-order chi connectivity index (χ1) is 8.21. The first-order valence-corrected chi connectivity index (χ1v) is 6.41. The van der Waals surface area contributed by atoms with E-state index in [9.17, 15) is 0 Å². The summed E-state index contributed by atoms with van der Waals surface area (Å²) in [7, 11) is -0.274. The van der Waals surface area contributed by atoms with E-state index in [4.69, 9.17) is 9.31 Å². The number of hydrogen-bond acceptors (Lipinski definition) is 2. The third-order valence-electron chi connectivity index (χ3n) is 3.89. The topological polar surface area (TPSA) is 34.2 Å². The second-order valence-electron chi connectivity index (χ2n) is 6.02. The molecular formula is C14H22BNO2. The number of rotatable bonds is 2. The van der Waals surface area contributed by atoms with Crippen LogP contribution in [0.1, 0.15) is 44.6 Å². The molecular weight excluding hydrogens is 225 g/mol. The first-order valence-electron chi connectivity index (χ1n) is 6.41. The quantitative estimate of drug-likeness (QED) is 0.814. The maximum Gasteiger partial charge on any atom is 0.487 e. The minimum Gasteiger partial charge on any atom is -0.400 e. The standard InChI is InChI=1S/C14H22BNO2/c1-10-9-12(11(2)16-10)7-8-15-17-13(3,4)14(5,6)18-15/h7-9,16H,1-6H3/b8-7+. The molecule has 0 saturated carbocycles. The van der Waals surface area contributed by atoms with Gasteiger partial charge in [0.1, 0.15) is 0 Å². The van der Waals surface area contributed by atoms with Crippen molar-refractivity contribution >= 4 is 13.2 Å². The van der Waals surface area contributed by atoms with Gasteiger partial charge >= 0.3 is 7.12 Å². The molecule has 0 radical (unpaired) electrons. The fraction of sp³-hybridized carbons (Fsp3) is 0.571. The smallest absolute Gasteiger partial charge is 0.400 e. The lowest BCUT2D eigenvalue weighted by molar-refractivity contribution is 0.00578. The summed E-state index contributed by atoms with van der Waals surface area (Å²) in [5.74, 6) is 1.98. The summed E-state index contributed by atoms with van der Waals surface area (Å²) in [5.41, 5.74) is 2.97. The molecule has 0 aliphatic carbocycles. The van der Waals surface area contributed by atoms with Crippen LogP contribution in [-0.4, -0.2) is 23.3 Å². The molecule has 0 aromatic carbocycles. The number of aryl methyl sites for hydroxylation is 2. The predicted octanol–water partition coefficient (Wildman–Crippen LogP) is 3.28. The number of nitrogens with one attached hydrogen (secondary N) is 1. The Kier molecular flexibility index (Phi) is 3.20. The van der Waals surface area contributed by atoms with Gasteiger partial charge < -0.3 is 14.3 Å². The largest absolute Gasteiger partial charge is 0.487 e. The summed E-state index contributed by atoms with van der Waals surface area (Å²) in [6, 6.07) is 2.12. The molecule has 1 aliphatic heterocycles. The Labute approximate surface area is 110 Å². The third kappa shape index (κ3) is 2.40. The lowest BCUT2D eigenvalue weighted by atomic mass is 9.89. The highest BCUT2D eigenvalue weighted by molar-refractivity contribution is 6.52. The van der Waals surface area contributed by atoms with E-state index in [1.54, 1.807) is 0 Å². The van der Waals surface area contributed by atoms with Gasteiger partial charge in [-0.05, 0) is 53.2 Å². The van der Waals surface area contributed by atoms with Crippen molar-refractivity contribution in [1.29, 1.82) is 0 Å². The molecule has 0 bridgehead atoms. The van der Waals surface area contributed by atoms with Gasteiger partial charge in [0.05, 0.1) is 11.2 Å². The van der Waals surface area contributed by atoms with Gasteiger partial charge in [0.2, 0.25) is 0 Å². The molecule has 2 heterocycles. The van der Waals surface area contributed by atoms with Crippen LogP contribution in [0.4, 0.5) is 0 Å². The third-order valence-corrected chi connectivity index (χ3v) is 3.89. The van der Waals surface area contributed by atoms with Crippen LogP contribution in [0.3, 0.4) is 0 Å². The molecule has 2 rings (SSSR count). The van der Waals surface area contributed by atoms with Crippen LogP contribution >= 0.6 is 0 Å². The number of H-pyrrole nitrogens is 1. The highest BCUT2D eigenvalue weighted by Crippen LogP contribution is 2.37. The summed E-state index contributed by atoms with van der Waals surface area (Å²) in [6.45, 7) is 12.4. The van der Waals surface area contributed by atoms with Crippen molar-refractivity contribution in [2.75, 3.05) is 0 Å². The molecule has 98 valence electrons. The van der Waals surface area contributed by atoms with Crippen LogP contribution in [0.15, 0.2) is 12.0 Å². The van der Waals surface area contributed by atoms with Crippen LogP contribution in [0, 0.1) is 13.8 Å². The molecule has 0 atom stereocenters. The minimum atomic E-state index is -0.274. The molecule has 1 aromatic heterocycles. The number of aromatic amines is 1. The van der Waals surface area contributed by atoms with E-state index in [0.717, 1.165) is 0 Å². The Morgan fingerprint density at radius 1 is 1.11 bits per heavy atom. The van der Waals surface area contributed by atoms with Crippen LogP contribution in [0.5, 0.6) is 0 Å². The highest BCUT2D eigenvalue weighted by Gasteiger charge is 2.49. The van der Waals surface area contributed by atoms with E-state index >= 15 is 0 Å². The zero-order chi connectivity index (χ0) is 13.6. The number of aromatic nitrogens is 1. The zero-order valence-corrected chi connectivity index (χ0v) is 12.1. The van der Waals surface area contributed by atoms with Gasteiger partial charge in [-0.25, -0.2) is 0 Å². The van der Waals surface area contributed by atoms with Crippen molar-refractivity contribution in [2.45, 2.75) is 52.7 Å². The summed E-state index contributed by atoms with van der Waals surface area (Å²) in [5, 5.41) is 0. The normalized spacial score (nSPS) is 22.0. The number of hydrogen-bond donors (Lipinski definition) is 1. The van der Waals surface area contributed by atoms with E-state index in [1.807, 2.05) is 5.98 Å². The Balaban J connectivity index is 2.11. The molecule has 0 unspecified atom stereocenters. The van der Waals surface area contributed by atoms with E-state index in [2.05, 4.69) is 58.7 Å². The fourth-order valence-corrected chi connectivity index (χ4v) is 2.07. The summed E-state index contributed by atoms with van der Waals surface area (Å²) in [6.07, 6.45) is 2.06. The second kappa shape index (κ2) is 4.28. The maximum absolute atomic E-state index is 5.91. The predicted molar refractivity (Wildman–Crippen MR) is 75.4 cm³/mol. The lowest BCUT2D eigenvalue weighted by Crippen LogP contribution is -2.41. The maximum atomic E-state index is 5.91. The van der Waals surface area contributed by atoms with Crippen molar-refractivity contribution in [3.05, 3.63) is 29.0 Å². The summed E-state index contributed by atoms with van der Waals surface area (Å²) in [4.78, 5) is 3.28. The van der Waals surface area contributed by atoms with Crippen LogP contribution < -0.4 is 0 Å². The lowest BCUT2D eigenvalue weighted by Gasteiger charge is -2.32. The Morgan fingerprint density at radius 2 is 1.67 bits per heavy atom. The molecule has 1 aliphatic rings. The molecule has 1 N–H and O–H groups in total. The summed E-state index contributed by atoms with van der Waals surface area (Å²) < 4.78 is 11.8. The monoisotopic (exact) mass is 247 g/mol. The Hall–Kier alpha value is -0.995. The van der Waals surface area contributed by atoms with E-state index < -0.39 is 0 Å². The molecule has 0 amide bonds. The van der Waals surface area contributed by atoms with Crippen molar-refractivity contribution < 1.29 is 9.31 Å². The van der Waals surface area contributed by atoms with Crippen LogP contribution in [0.2, 0.25) is 0 Å². The van der Waals surface area contributed by atoms with E-state index in [0.29, 0.717) is 0 Å². The van der Waals surface area contributed by atoms with Crippen LogP contribution in [0.25, 0.3) is 6.08 Å². The minimum absolute atomic E-state index is 0.273.